The molecule has 0 bridgehead atoms. The number of nitrogens with zero attached hydrogens (tertiary/aromatic N) is 3. The number of piperazine rings is 1. The molecule has 5 nitrogen and oxygen atoms in total. The van der Waals surface area contributed by atoms with Gasteiger partial charge >= 0.3 is 6.03 Å². The zero-order chi connectivity index (χ0) is 19.2. The Bertz CT molecular complexity index is 897. The number of benzene rings is 2. The van der Waals surface area contributed by atoms with Gasteiger partial charge in [-0.05, 0) is 29.5 Å². The van der Waals surface area contributed by atoms with Crippen LogP contribution in [0.4, 0.5) is 4.79 Å². The van der Waals surface area contributed by atoms with Crippen molar-refractivity contribution < 1.29 is 4.79 Å². The van der Waals surface area contributed by atoms with Gasteiger partial charge in [0.2, 0.25) is 0 Å². The monoisotopic (exact) mass is 376 g/mol. The van der Waals surface area contributed by atoms with E-state index in [0.717, 1.165) is 45.7 Å². The van der Waals surface area contributed by atoms with Crippen molar-refractivity contribution in [2.75, 3.05) is 32.7 Å². The number of fused-ring (bicyclic) bond motifs is 1. The number of aryl methyl sites for hydroxylation is 1. The Balaban J connectivity index is 1.17. The van der Waals surface area contributed by atoms with Crippen LogP contribution in [0.25, 0.3) is 10.9 Å². The maximum Gasteiger partial charge on any atom is 0.317 e. The number of rotatable bonds is 6. The third kappa shape index (κ3) is 4.54. The summed E-state index contributed by atoms with van der Waals surface area (Å²) in [7, 11) is 0. The summed E-state index contributed by atoms with van der Waals surface area (Å²) in [4.78, 5) is 16.8. The van der Waals surface area contributed by atoms with Crippen LogP contribution in [0.2, 0.25) is 0 Å². The van der Waals surface area contributed by atoms with Gasteiger partial charge in [-0.1, -0.05) is 48.5 Å². The molecule has 4 rings (SSSR count). The second-order valence-corrected chi connectivity index (χ2v) is 7.40. The molecule has 0 unspecified atom stereocenters. The summed E-state index contributed by atoms with van der Waals surface area (Å²) >= 11 is 0. The van der Waals surface area contributed by atoms with E-state index in [1.165, 1.54) is 16.5 Å². The lowest BCUT2D eigenvalue weighted by atomic mass is 10.2. The Morgan fingerprint density at radius 1 is 0.893 bits per heavy atom. The second kappa shape index (κ2) is 8.93. The fourth-order valence-electron chi connectivity index (χ4n) is 3.84. The molecule has 0 radical (unpaired) electrons. The molecule has 28 heavy (non-hydrogen) atoms. The second-order valence-electron chi connectivity index (χ2n) is 7.40. The first-order valence-electron chi connectivity index (χ1n) is 10.1. The van der Waals surface area contributed by atoms with Crippen LogP contribution >= 0.6 is 0 Å². The molecule has 1 aliphatic rings. The molecule has 1 aromatic heterocycles. The lowest BCUT2D eigenvalue weighted by Crippen LogP contribution is -2.51. The van der Waals surface area contributed by atoms with Crippen molar-refractivity contribution in [3.8, 4) is 0 Å². The molecule has 1 saturated heterocycles. The predicted molar refractivity (Wildman–Crippen MR) is 113 cm³/mol. The van der Waals surface area contributed by atoms with E-state index in [2.05, 4.69) is 75.6 Å². The number of nitrogens with one attached hydrogen (secondary N) is 1. The van der Waals surface area contributed by atoms with Crippen molar-refractivity contribution in [2.45, 2.75) is 19.5 Å². The number of aromatic nitrogens is 1. The molecule has 2 heterocycles. The van der Waals surface area contributed by atoms with Gasteiger partial charge < -0.3 is 14.8 Å². The quantitative estimate of drug-likeness (QED) is 0.668. The van der Waals surface area contributed by atoms with E-state index in [0.29, 0.717) is 6.54 Å². The smallest absolute Gasteiger partial charge is 0.317 e. The molecule has 0 spiro atoms. The minimum absolute atomic E-state index is 0.0664. The number of hydrogen-bond acceptors (Lipinski definition) is 2. The fraction of sp³-hybridized carbons (Fsp3) is 0.348. The van der Waals surface area contributed by atoms with Crippen molar-refractivity contribution in [1.29, 1.82) is 0 Å². The summed E-state index contributed by atoms with van der Waals surface area (Å²) in [5.74, 6) is 0. The van der Waals surface area contributed by atoms with Crippen molar-refractivity contribution >= 4 is 16.9 Å². The van der Waals surface area contributed by atoms with Gasteiger partial charge in [0.1, 0.15) is 0 Å². The van der Waals surface area contributed by atoms with E-state index < -0.39 is 0 Å². The normalized spacial score (nSPS) is 15.1. The molecule has 1 N–H and O–H groups in total. The van der Waals surface area contributed by atoms with E-state index in [-0.39, 0.29) is 6.03 Å². The molecule has 1 fully saturated rings. The summed E-state index contributed by atoms with van der Waals surface area (Å²) in [5, 5.41) is 4.35. The highest BCUT2D eigenvalue weighted by molar-refractivity contribution is 5.79. The SMILES string of the molecule is O=C(NCCCn1ccc2ccccc21)N1CCN(Cc2ccccc2)CC1. The minimum atomic E-state index is 0.0664. The van der Waals surface area contributed by atoms with Crippen molar-refractivity contribution in [3.63, 3.8) is 0 Å². The van der Waals surface area contributed by atoms with Gasteiger partial charge in [-0.2, -0.15) is 0 Å². The Morgan fingerprint density at radius 2 is 1.64 bits per heavy atom. The maximum absolute atomic E-state index is 12.4. The van der Waals surface area contributed by atoms with Crippen LogP contribution in [0, 0.1) is 0 Å². The fourth-order valence-corrected chi connectivity index (χ4v) is 3.84. The lowest BCUT2D eigenvalue weighted by molar-refractivity contribution is 0.135. The minimum Gasteiger partial charge on any atom is -0.347 e. The molecule has 2 aromatic carbocycles. The van der Waals surface area contributed by atoms with Crippen molar-refractivity contribution in [2.24, 2.45) is 0 Å². The van der Waals surface area contributed by atoms with Crippen LogP contribution in [0.15, 0.2) is 66.9 Å². The first kappa shape index (κ1) is 18.6. The zero-order valence-corrected chi connectivity index (χ0v) is 16.3. The van der Waals surface area contributed by atoms with E-state index >= 15 is 0 Å². The highest BCUT2D eigenvalue weighted by atomic mass is 16.2. The lowest BCUT2D eigenvalue weighted by Gasteiger charge is -2.34. The van der Waals surface area contributed by atoms with Crippen LogP contribution in [0.5, 0.6) is 0 Å². The molecule has 0 saturated carbocycles. The molecule has 2 amide bonds. The summed E-state index contributed by atoms with van der Waals surface area (Å²) in [5.41, 5.74) is 2.58. The van der Waals surface area contributed by atoms with Crippen LogP contribution in [-0.2, 0) is 13.1 Å². The largest absolute Gasteiger partial charge is 0.347 e. The van der Waals surface area contributed by atoms with Gasteiger partial charge in [0, 0.05) is 57.5 Å². The first-order chi connectivity index (χ1) is 13.8. The molecule has 0 aliphatic carbocycles. The molecule has 5 heteroatoms. The van der Waals surface area contributed by atoms with Crippen molar-refractivity contribution in [1.82, 2.24) is 19.7 Å². The molecule has 3 aromatic rings. The number of carbonyl (C=O) groups is 1. The van der Waals surface area contributed by atoms with E-state index in [1.54, 1.807) is 0 Å². The Kier molecular flexibility index (Phi) is 5.92. The van der Waals surface area contributed by atoms with Crippen LogP contribution in [-0.4, -0.2) is 53.1 Å². The van der Waals surface area contributed by atoms with E-state index in [9.17, 15) is 4.79 Å². The molecular formula is C23H28N4O. The average Bonchev–Trinajstić information content (AvgIpc) is 3.15. The summed E-state index contributed by atoms with van der Waals surface area (Å²) in [6.45, 7) is 6.02. The maximum atomic E-state index is 12.4. The Labute approximate surface area is 166 Å². The number of para-hydroxylation sites is 1. The molecular weight excluding hydrogens is 348 g/mol. The van der Waals surface area contributed by atoms with Crippen LogP contribution < -0.4 is 5.32 Å². The van der Waals surface area contributed by atoms with Crippen LogP contribution in [0.3, 0.4) is 0 Å². The third-order valence-electron chi connectivity index (χ3n) is 5.44. The number of carbonyl (C=O) groups excluding carboxylic acids is 1. The van der Waals surface area contributed by atoms with E-state index in [1.807, 2.05) is 11.0 Å². The standard InChI is InChI=1S/C23H28N4O/c28-23(24-12-6-13-26-14-11-21-9-4-5-10-22(21)26)27-17-15-25(16-18-27)19-20-7-2-1-3-8-20/h1-5,7-11,14H,6,12-13,15-19H2,(H,24,28). The number of hydrogen-bond donors (Lipinski definition) is 1. The highest BCUT2D eigenvalue weighted by Gasteiger charge is 2.20. The van der Waals surface area contributed by atoms with Crippen molar-refractivity contribution in [3.05, 3.63) is 72.4 Å². The highest BCUT2D eigenvalue weighted by Crippen LogP contribution is 2.15. The Morgan fingerprint density at radius 3 is 2.46 bits per heavy atom. The summed E-state index contributed by atoms with van der Waals surface area (Å²) < 4.78 is 2.25. The first-order valence-corrected chi connectivity index (χ1v) is 10.1. The van der Waals surface area contributed by atoms with Gasteiger partial charge in [-0.15, -0.1) is 0 Å². The third-order valence-corrected chi connectivity index (χ3v) is 5.44. The van der Waals surface area contributed by atoms with Gasteiger partial charge in [0.25, 0.3) is 0 Å². The zero-order valence-electron chi connectivity index (χ0n) is 16.3. The summed E-state index contributed by atoms with van der Waals surface area (Å²) in [6, 6.07) is 21.1. The average molecular weight is 377 g/mol. The number of urea groups is 1. The van der Waals surface area contributed by atoms with Crippen LogP contribution in [0.1, 0.15) is 12.0 Å². The van der Waals surface area contributed by atoms with Gasteiger partial charge in [0.15, 0.2) is 0 Å². The Hall–Kier alpha value is -2.79. The van der Waals surface area contributed by atoms with Gasteiger partial charge in [-0.25, -0.2) is 4.79 Å². The van der Waals surface area contributed by atoms with Gasteiger partial charge in [0.05, 0.1) is 0 Å². The molecule has 1 aliphatic heterocycles. The van der Waals surface area contributed by atoms with E-state index in [4.69, 9.17) is 0 Å². The predicted octanol–water partition coefficient (Wildman–Crippen LogP) is 3.56. The van der Waals surface area contributed by atoms with Gasteiger partial charge in [-0.3, -0.25) is 4.90 Å². The topological polar surface area (TPSA) is 40.5 Å². The molecule has 146 valence electrons. The summed E-state index contributed by atoms with van der Waals surface area (Å²) in [6.07, 6.45) is 3.05. The number of amides is 2. The molecule has 0 atom stereocenters.